The van der Waals surface area contributed by atoms with Gasteiger partial charge < -0.3 is 19.4 Å². The number of carbonyl (C=O) groups excluding carboxylic acids is 2. The predicted molar refractivity (Wildman–Crippen MR) is 106 cm³/mol. The van der Waals surface area contributed by atoms with E-state index in [1.54, 1.807) is 0 Å². The highest BCUT2D eigenvalue weighted by atomic mass is 19.1. The Hall–Kier alpha value is -2.29. The molecule has 162 valence electrons. The second-order valence-corrected chi connectivity index (χ2v) is 8.86. The molecule has 1 aromatic rings. The van der Waals surface area contributed by atoms with Gasteiger partial charge in [0.2, 0.25) is 17.8 Å². The minimum absolute atomic E-state index is 0.0207. The van der Waals surface area contributed by atoms with E-state index in [-0.39, 0.29) is 29.7 Å². The molecule has 2 amide bonds. The molecule has 4 fully saturated rings. The molecule has 4 atom stereocenters. The second kappa shape index (κ2) is 8.09. The highest BCUT2D eigenvalue weighted by molar-refractivity contribution is 5.89. The minimum atomic E-state index is -0.462. The Bertz CT molecular complexity index is 798. The fourth-order valence-corrected chi connectivity index (χ4v) is 5.76. The van der Waals surface area contributed by atoms with Crippen molar-refractivity contribution in [1.29, 1.82) is 0 Å². The number of carbonyl (C=O) groups is 2. The lowest BCUT2D eigenvalue weighted by molar-refractivity contribution is -0.161. The Labute approximate surface area is 175 Å². The van der Waals surface area contributed by atoms with Crippen LogP contribution in [0.25, 0.3) is 0 Å². The molecule has 9 heteroatoms. The van der Waals surface area contributed by atoms with E-state index < -0.39 is 11.9 Å². The van der Waals surface area contributed by atoms with Gasteiger partial charge in [0.05, 0.1) is 19.0 Å². The van der Waals surface area contributed by atoms with E-state index in [1.807, 2.05) is 9.80 Å². The molecule has 0 aliphatic carbocycles. The number of halogens is 1. The summed E-state index contributed by atoms with van der Waals surface area (Å²) in [6, 6.07) is -0.372. The molecule has 4 saturated heterocycles. The van der Waals surface area contributed by atoms with Gasteiger partial charge >= 0.3 is 0 Å². The monoisotopic (exact) mass is 417 g/mol. The number of piperidine rings is 3. The maximum absolute atomic E-state index is 13.7. The Morgan fingerprint density at radius 3 is 2.73 bits per heavy atom. The van der Waals surface area contributed by atoms with E-state index in [0.717, 1.165) is 32.2 Å². The zero-order valence-corrected chi connectivity index (χ0v) is 17.1. The first kappa shape index (κ1) is 19.7. The first-order valence-electron chi connectivity index (χ1n) is 11.0. The minimum Gasteiger partial charge on any atom is -0.380 e. The standard InChI is InChI=1S/C21H28FN5O3/c22-16-10-23-21(24-11-16)26-12-14-9-15(13-26)19(27-17(14)3-1-4-18(27)28)20(29)25-5-2-7-30-8-6-25/h10-11,14-15,17,19H,1-9,12-13H2/t14-,15+,17+,19-/m1/s1. The first-order valence-corrected chi connectivity index (χ1v) is 11.0. The van der Waals surface area contributed by atoms with Crippen molar-refractivity contribution in [2.75, 3.05) is 44.3 Å². The number of ether oxygens (including phenoxy) is 1. The third-order valence-corrected chi connectivity index (χ3v) is 7.02. The van der Waals surface area contributed by atoms with Crippen LogP contribution in [0.15, 0.2) is 12.4 Å². The lowest BCUT2D eigenvalue weighted by Gasteiger charge is -2.56. The van der Waals surface area contributed by atoms with Crippen LogP contribution in [0.5, 0.6) is 0 Å². The quantitative estimate of drug-likeness (QED) is 0.716. The lowest BCUT2D eigenvalue weighted by Crippen LogP contribution is -2.68. The Morgan fingerprint density at radius 1 is 1.10 bits per heavy atom. The van der Waals surface area contributed by atoms with Crippen molar-refractivity contribution in [2.24, 2.45) is 11.8 Å². The maximum atomic E-state index is 13.7. The van der Waals surface area contributed by atoms with Gasteiger partial charge in [0.1, 0.15) is 6.04 Å². The summed E-state index contributed by atoms with van der Waals surface area (Å²) in [5.41, 5.74) is 0. The van der Waals surface area contributed by atoms with Gasteiger partial charge in [-0.05, 0) is 31.6 Å². The van der Waals surface area contributed by atoms with E-state index in [2.05, 4.69) is 14.9 Å². The summed E-state index contributed by atoms with van der Waals surface area (Å²) in [7, 11) is 0. The smallest absolute Gasteiger partial charge is 0.245 e. The predicted octanol–water partition coefficient (Wildman–Crippen LogP) is 1.07. The number of nitrogens with zero attached hydrogens (tertiary/aromatic N) is 5. The van der Waals surface area contributed by atoms with Crippen LogP contribution in [0.4, 0.5) is 10.3 Å². The summed E-state index contributed by atoms with van der Waals surface area (Å²) in [6.45, 7) is 3.78. The van der Waals surface area contributed by atoms with Gasteiger partial charge in [-0.2, -0.15) is 0 Å². The number of anilines is 1. The summed E-state index contributed by atoms with van der Waals surface area (Å²) in [5, 5.41) is 0. The van der Waals surface area contributed by atoms with Crippen molar-refractivity contribution >= 4 is 17.8 Å². The van der Waals surface area contributed by atoms with E-state index >= 15 is 0 Å². The molecule has 8 nitrogen and oxygen atoms in total. The topological polar surface area (TPSA) is 78.9 Å². The van der Waals surface area contributed by atoms with Crippen molar-refractivity contribution < 1.29 is 18.7 Å². The Balaban J connectivity index is 1.45. The molecule has 4 aliphatic heterocycles. The average molecular weight is 417 g/mol. The van der Waals surface area contributed by atoms with Crippen molar-refractivity contribution in [3.05, 3.63) is 18.2 Å². The highest BCUT2D eigenvalue weighted by Gasteiger charge is 2.53. The zero-order chi connectivity index (χ0) is 20.7. The molecule has 4 aliphatic rings. The van der Waals surface area contributed by atoms with Gasteiger partial charge in [-0.1, -0.05) is 0 Å². The summed E-state index contributed by atoms with van der Waals surface area (Å²) in [5.74, 6) is 0.487. The molecule has 0 aromatic carbocycles. The molecular formula is C21H28FN5O3. The molecule has 0 spiro atoms. The molecule has 2 bridgehead atoms. The van der Waals surface area contributed by atoms with Crippen LogP contribution < -0.4 is 4.90 Å². The molecule has 5 rings (SSSR count). The second-order valence-electron chi connectivity index (χ2n) is 8.86. The average Bonchev–Trinajstić information content (AvgIpc) is 3.04. The summed E-state index contributed by atoms with van der Waals surface area (Å²) in [4.78, 5) is 40.9. The third kappa shape index (κ3) is 3.53. The Morgan fingerprint density at radius 2 is 1.90 bits per heavy atom. The molecule has 5 heterocycles. The van der Waals surface area contributed by atoms with Gasteiger partial charge in [-0.25, -0.2) is 14.4 Å². The van der Waals surface area contributed by atoms with Crippen LogP contribution in [-0.4, -0.2) is 83.1 Å². The number of aromatic nitrogens is 2. The van der Waals surface area contributed by atoms with Gasteiger partial charge in [0.25, 0.3) is 0 Å². The molecule has 0 N–H and O–H groups in total. The Kier molecular flexibility index (Phi) is 5.30. The summed E-state index contributed by atoms with van der Waals surface area (Å²) >= 11 is 0. The van der Waals surface area contributed by atoms with Gasteiger partial charge in [-0.15, -0.1) is 0 Å². The summed E-state index contributed by atoms with van der Waals surface area (Å²) < 4.78 is 18.8. The van der Waals surface area contributed by atoms with Gasteiger partial charge in [0, 0.05) is 51.2 Å². The maximum Gasteiger partial charge on any atom is 0.245 e. The van der Waals surface area contributed by atoms with Crippen LogP contribution >= 0.6 is 0 Å². The van der Waals surface area contributed by atoms with E-state index in [4.69, 9.17) is 4.74 Å². The highest BCUT2D eigenvalue weighted by Crippen LogP contribution is 2.42. The largest absolute Gasteiger partial charge is 0.380 e. The number of hydrogen-bond acceptors (Lipinski definition) is 6. The summed E-state index contributed by atoms with van der Waals surface area (Å²) in [6.07, 6.45) is 6.42. The number of hydrogen-bond donors (Lipinski definition) is 0. The normalized spacial score (nSPS) is 31.9. The number of fused-ring (bicyclic) bond motifs is 4. The van der Waals surface area contributed by atoms with E-state index in [1.165, 1.54) is 12.4 Å². The third-order valence-electron chi connectivity index (χ3n) is 7.02. The molecule has 0 unspecified atom stereocenters. The van der Waals surface area contributed by atoms with E-state index in [0.29, 0.717) is 45.2 Å². The van der Waals surface area contributed by atoms with E-state index in [9.17, 15) is 14.0 Å². The van der Waals surface area contributed by atoms with Crippen LogP contribution in [-0.2, 0) is 14.3 Å². The van der Waals surface area contributed by atoms with Crippen molar-refractivity contribution in [2.45, 2.75) is 44.2 Å². The van der Waals surface area contributed by atoms with Crippen LogP contribution in [0.2, 0.25) is 0 Å². The zero-order valence-electron chi connectivity index (χ0n) is 17.1. The number of amides is 2. The fraction of sp³-hybridized carbons (Fsp3) is 0.714. The van der Waals surface area contributed by atoms with Gasteiger partial charge in [0.15, 0.2) is 5.82 Å². The lowest BCUT2D eigenvalue weighted by atomic mass is 9.71. The van der Waals surface area contributed by atoms with Gasteiger partial charge in [-0.3, -0.25) is 9.59 Å². The fourth-order valence-electron chi connectivity index (χ4n) is 5.76. The molecule has 0 saturated carbocycles. The molecule has 0 radical (unpaired) electrons. The van der Waals surface area contributed by atoms with Crippen molar-refractivity contribution in [3.63, 3.8) is 0 Å². The SMILES string of the molecule is O=C([C@H]1[C@H]2C[C@H](CN(c3ncc(F)cn3)C2)[C@@H]2CCCC(=O)N21)N1CCCOCC1. The molecular weight excluding hydrogens is 389 g/mol. The van der Waals surface area contributed by atoms with Crippen molar-refractivity contribution in [3.8, 4) is 0 Å². The van der Waals surface area contributed by atoms with Crippen LogP contribution in [0.3, 0.4) is 0 Å². The van der Waals surface area contributed by atoms with Crippen molar-refractivity contribution in [1.82, 2.24) is 19.8 Å². The first-order chi connectivity index (χ1) is 14.6. The van der Waals surface area contributed by atoms with Crippen LogP contribution in [0, 0.1) is 17.7 Å². The molecule has 1 aromatic heterocycles. The van der Waals surface area contributed by atoms with Crippen LogP contribution in [0.1, 0.15) is 32.1 Å². The number of rotatable bonds is 2. The molecule has 30 heavy (non-hydrogen) atoms.